The Morgan fingerprint density at radius 1 is 1.19 bits per heavy atom. The van der Waals surface area contributed by atoms with Gasteiger partial charge in [0.15, 0.2) is 5.17 Å². The van der Waals surface area contributed by atoms with Crippen LogP contribution in [0, 0.1) is 0 Å². The number of hydrogen-bond donors (Lipinski definition) is 1. The zero-order valence-electron chi connectivity index (χ0n) is 20.5. The molecule has 0 radical (unpaired) electrons. The minimum Gasteiger partial charge on any atom is -0.497 e. The maximum absolute atomic E-state index is 13.3. The SMILES string of the molecule is CCC[C@H](C)N1C(=O)[C@@H](CC(=O)Nc2cc(OC)ccc2OC)SC1=Nc1ccc(SC(F)F)cc1. The second kappa shape index (κ2) is 13.0. The number of halogens is 2. The quantitative estimate of drug-likeness (QED) is 0.346. The molecule has 1 aliphatic rings. The van der Waals surface area contributed by atoms with Crippen LogP contribution in [0.2, 0.25) is 0 Å². The van der Waals surface area contributed by atoms with Crippen molar-refractivity contribution in [3.05, 3.63) is 42.5 Å². The number of carbonyl (C=O) groups is 2. The first kappa shape index (κ1) is 27.8. The molecule has 1 aliphatic heterocycles. The van der Waals surface area contributed by atoms with Gasteiger partial charge in [-0.2, -0.15) is 8.78 Å². The number of nitrogens with zero attached hydrogens (tertiary/aromatic N) is 2. The topological polar surface area (TPSA) is 80.2 Å². The Hall–Kier alpha value is -2.79. The van der Waals surface area contributed by atoms with Crippen molar-refractivity contribution in [3.8, 4) is 11.5 Å². The van der Waals surface area contributed by atoms with Gasteiger partial charge in [0, 0.05) is 23.4 Å². The number of amidine groups is 1. The van der Waals surface area contributed by atoms with Gasteiger partial charge in [0.1, 0.15) is 16.7 Å². The van der Waals surface area contributed by atoms with Crippen molar-refractivity contribution >= 4 is 51.9 Å². The number of alkyl halides is 2. The lowest BCUT2D eigenvalue weighted by molar-refractivity contribution is -0.129. The standard InChI is InChI=1S/C25H29F2N3O4S2/c1-5-6-15(2)30-23(32)21(14-22(31)29-19-13-17(33-3)9-12-20(19)34-4)36-25(30)28-16-7-10-18(11-8-16)35-24(26)27/h7-13,15,21,24H,5-6,14H2,1-4H3,(H,29,31)/t15-,21+/m0/s1. The van der Waals surface area contributed by atoms with E-state index in [1.165, 1.54) is 26.0 Å². The first-order valence-electron chi connectivity index (χ1n) is 11.4. The van der Waals surface area contributed by atoms with Gasteiger partial charge >= 0.3 is 0 Å². The van der Waals surface area contributed by atoms with Crippen molar-refractivity contribution in [2.24, 2.45) is 4.99 Å². The second-order valence-electron chi connectivity index (χ2n) is 8.04. The van der Waals surface area contributed by atoms with E-state index >= 15 is 0 Å². The van der Waals surface area contributed by atoms with Crippen molar-refractivity contribution in [3.63, 3.8) is 0 Å². The Morgan fingerprint density at radius 2 is 1.92 bits per heavy atom. The van der Waals surface area contributed by atoms with Crippen molar-refractivity contribution in [2.45, 2.75) is 55.1 Å². The van der Waals surface area contributed by atoms with Gasteiger partial charge in [-0.05, 0) is 49.7 Å². The number of nitrogens with one attached hydrogen (secondary N) is 1. The van der Waals surface area contributed by atoms with Crippen LogP contribution in [-0.2, 0) is 9.59 Å². The molecule has 1 fully saturated rings. The van der Waals surface area contributed by atoms with E-state index in [1.54, 1.807) is 47.4 Å². The largest absolute Gasteiger partial charge is 0.497 e. The summed E-state index contributed by atoms with van der Waals surface area (Å²) in [6, 6.07) is 11.4. The first-order valence-corrected chi connectivity index (χ1v) is 13.2. The Morgan fingerprint density at radius 3 is 2.53 bits per heavy atom. The monoisotopic (exact) mass is 537 g/mol. The molecule has 0 aromatic heterocycles. The summed E-state index contributed by atoms with van der Waals surface area (Å²) >= 11 is 1.69. The van der Waals surface area contributed by atoms with Crippen LogP contribution in [0.3, 0.4) is 0 Å². The van der Waals surface area contributed by atoms with Gasteiger partial charge < -0.3 is 14.8 Å². The van der Waals surface area contributed by atoms with E-state index in [0.717, 1.165) is 12.8 Å². The number of amides is 2. The third kappa shape index (κ3) is 7.13. The minimum absolute atomic E-state index is 0.0534. The highest BCUT2D eigenvalue weighted by Crippen LogP contribution is 2.35. The molecule has 2 atom stereocenters. The minimum atomic E-state index is -2.50. The molecule has 2 aromatic rings. The van der Waals surface area contributed by atoms with Crippen molar-refractivity contribution in [2.75, 3.05) is 19.5 Å². The van der Waals surface area contributed by atoms with Gasteiger partial charge in [-0.25, -0.2) is 4.99 Å². The summed E-state index contributed by atoms with van der Waals surface area (Å²) in [7, 11) is 3.03. The number of rotatable bonds is 11. The number of methoxy groups -OCH3 is 2. The third-order valence-corrected chi connectivity index (χ3v) is 7.33. The van der Waals surface area contributed by atoms with E-state index in [9.17, 15) is 18.4 Å². The molecule has 0 saturated carbocycles. The lowest BCUT2D eigenvalue weighted by atomic mass is 10.1. The smallest absolute Gasteiger partial charge is 0.288 e. The molecule has 1 saturated heterocycles. The van der Waals surface area contributed by atoms with Crippen LogP contribution < -0.4 is 14.8 Å². The van der Waals surface area contributed by atoms with Gasteiger partial charge in [-0.1, -0.05) is 36.9 Å². The molecule has 1 heterocycles. The summed E-state index contributed by atoms with van der Waals surface area (Å²) in [6.07, 6.45) is 1.60. The molecule has 2 amide bonds. The lowest BCUT2D eigenvalue weighted by Gasteiger charge is -2.24. The molecular weight excluding hydrogens is 508 g/mol. The van der Waals surface area contributed by atoms with Gasteiger partial charge in [0.25, 0.3) is 5.76 Å². The second-order valence-corrected chi connectivity index (χ2v) is 10.3. The molecule has 7 nitrogen and oxygen atoms in total. The fourth-order valence-corrected chi connectivity index (χ4v) is 5.48. The van der Waals surface area contributed by atoms with E-state index in [4.69, 9.17) is 9.47 Å². The molecule has 0 spiro atoms. The molecule has 0 unspecified atom stereocenters. The maximum Gasteiger partial charge on any atom is 0.288 e. The van der Waals surface area contributed by atoms with Crippen LogP contribution in [0.25, 0.3) is 0 Å². The summed E-state index contributed by atoms with van der Waals surface area (Å²) in [5.74, 6) is -1.99. The van der Waals surface area contributed by atoms with E-state index in [0.29, 0.717) is 44.7 Å². The summed E-state index contributed by atoms with van der Waals surface area (Å²) < 4.78 is 35.8. The summed E-state index contributed by atoms with van der Waals surface area (Å²) in [6.45, 7) is 3.98. The summed E-state index contributed by atoms with van der Waals surface area (Å²) in [5, 5.41) is 2.66. The van der Waals surface area contributed by atoms with Crippen LogP contribution in [0.1, 0.15) is 33.1 Å². The van der Waals surface area contributed by atoms with E-state index in [-0.39, 0.29) is 24.3 Å². The fraction of sp³-hybridized carbons (Fsp3) is 0.400. The number of hydrogen-bond acceptors (Lipinski definition) is 7. The Kier molecular flexibility index (Phi) is 10.0. The van der Waals surface area contributed by atoms with E-state index in [1.807, 2.05) is 13.8 Å². The fourth-order valence-electron chi connectivity index (χ4n) is 3.74. The highest BCUT2D eigenvalue weighted by atomic mass is 32.2. The summed E-state index contributed by atoms with van der Waals surface area (Å²) in [5.41, 5.74) is 0.994. The molecule has 0 aliphatic carbocycles. The zero-order valence-corrected chi connectivity index (χ0v) is 22.1. The predicted octanol–water partition coefficient (Wildman–Crippen LogP) is 6.17. The number of aliphatic imine (C=N–C) groups is 1. The van der Waals surface area contributed by atoms with Crippen molar-refractivity contribution in [1.29, 1.82) is 0 Å². The summed E-state index contributed by atoms with van der Waals surface area (Å²) in [4.78, 5) is 32.9. The van der Waals surface area contributed by atoms with Gasteiger partial charge in [0.05, 0.1) is 25.6 Å². The molecule has 2 aromatic carbocycles. The molecule has 11 heteroatoms. The van der Waals surface area contributed by atoms with Crippen LogP contribution in [0.15, 0.2) is 52.4 Å². The molecular formula is C25H29F2N3O4S2. The zero-order chi connectivity index (χ0) is 26.2. The first-order chi connectivity index (χ1) is 17.2. The van der Waals surface area contributed by atoms with Gasteiger partial charge in [-0.15, -0.1) is 0 Å². The number of ether oxygens (including phenoxy) is 2. The molecule has 1 N–H and O–H groups in total. The van der Waals surface area contributed by atoms with Gasteiger partial charge in [-0.3, -0.25) is 14.5 Å². The average molecular weight is 538 g/mol. The number of benzene rings is 2. The highest BCUT2D eigenvalue weighted by molar-refractivity contribution is 8.15. The molecule has 194 valence electrons. The van der Waals surface area contributed by atoms with Crippen molar-refractivity contribution < 1.29 is 27.8 Å². The Labute approximate surface area is 218 Å². The van der Waals surface area contributed by atoms with Crippen LogP contribution in [0.5, 0.6) is 11.5 Å². The van der Waals surface area contributed by atoms with E-state index in [2.05, 4.69) is 10.3 Å². The third-order valence-electron chi connectivity index (χ3n) is 5.45. The van der Waals surface area contributed by atoms with Crippen LogP contribution in [0.4, 0.5) is 20.2 Å². The van der Waals surface area contributed by atoms with E-state index < -0.39 is 11.0 Å². The molecule has 0 bridgehead atoms. The normalized spacial score (nSPS) is 17.5. The molecule has 3 rings (SSSR count). The van der Waals surface area contributed by atoms with Crippen LogP contribution >= 0.6 is 23.5 Å². The Balaban J connectivity index is 1.79. The number of thioether (sulfide) groups is 2. The highest BCUT2D eigenvalue weighted by Gasteiger charge is 2.41. The molecule has 36 heavy (non-hydrogen) atoms. The lowest BCUT2D eigenvalue weighted by Crippen LogP contribution is -2.40. The van der Waals surface area contributed by atoms with Gasteiger partial charge in [0.2, 0.25) is 11.8 Å². The Bertz CT molecular complexity index is 1100. The average Bonchev–Trinajstić information content (AvgIpc) is 3.14. The van der Waals surface area contributed by atoms with Crippen molar-refractivity contribution in [1.82, 2.24) is 4.90 Å². The number of anilines is 1. The number of carbonyl (C=O) groups excluding carboxylic acids is 2. The maximum atomic E-state index is 13.3. The van der Waals surface area contributed by atoms with Crippen LogP contribution in [-0.4, -0.2) is 53.2 Å². The predicted molar refractivity (Wildman–Crippen MR) is 141 cm³/mol.